The highest BCUT2D eigenvalue weighted by molar-refractivity contribution is 5.90. The van der Waals surface area contributed by atoms with E-state index >= 15 is 0 Å². The van der Waals surface area contributed by atoms with Gasteiger partial charge in [0.05, 0.1) is 0 Å². The van der Waals surface area contributed by atoms with Gasteiger partial charge in [-0.05, 0) is 51.5 Å². The van der Waals surface area contributed by atoms with Crippen molar-refractivity contribution in [3.05, 3.63) is 57.8 Å². The Kier molecular flexibility index (Phi) is 7.73. The molecule has 2 aromatic rings. The number of nitrogens with zero attached hydrogens (tertiary/aromatic N) is 2. The summed E-state index contributed by atoms with van der Waals surface area (Å²) in [5.41, 5.74) is -0.615. The molecule has 1 amide bonds. The van der Waals surface area contributed by atoms with Crippen molar-refractivity contribution in [1.82, 2.24) is 14.9 Å². The monoisotopic (exact) mass is 457 g/mol. The maximum Gasteiger partial charge on any atom is 0.407 e. The lowest BCUT2D eigenvalue weighted by atomic mass is 9.96. The molecule has 3 rings (SSSR count). The van der Waals surface area contributed by atoms with Crippen LogP contribution in [-0.2, 0) is 17.8 Å². The number of amides is 1. The van der Waals surface area contributed by atoms with Gasteiger partial charge >= 0.3 is 12.1 Å². The van der Waals surface area contributed by atoms with E-state index in [0.717, 1.165) is 18.4 Å². The van der Waals surface area contributed by atoms with Crippen LogP contribution >= 0.6 is 0 Å². The van der Waals surface area contributed by atoms with E-state index in [1.165, 1.54) is 4.90 Å². The summed E-state index contributed by atoms with van der Waals surface area (Å²) >= 11 is 0. The van der Waals surface area contributed by atoms with Crippen LogP contribution < -0.4 is 10.3 Å². The van der Waals surface area contributed by atoms with Crippen molar-refractivity contribution in [2.45, 2.75) is 58.7 Å². The molecule has 0 radical (unpaired) electrons. The zero-order valence-corrected chi connectivity index (χ0v) is 19.3. The SMILES string of the molecule is CC(C)(C)OC(=O)c1nc(CC2CCCN(C(=O)O)CC2)[nH]c(=O)c1OCc1ccccc1. The molecule has 178 valence electrons. The van der Waals surface area contributed by atoms with Gasteiger partial charge in [0.2, 0.25) is 5.75 Å². The van der Waals surface area contributed by atoms with Crippen molar-refractivity contribution >= 4 is 12.1 Å². The Balaban J connectivity index is 1.84. The minimum absolute atomic E-state index is 0.106. The average Bonchev–Trinajstić information content (AvgIpc) is 2.98. The Morgan fingerprint density at radius 2 is 1.91 bits per heavy atom. The number of rotatable bonds is 6. The lowest BCUT2D eigenvalue weighted by Gasteiger charge is -2.20. The molecule has 1 fully saturated rings. The summed E-state index contributed by atoms with van der Waals surface area (Å²) in [6, 6.07) is 9.31. The van der Waals surface area contributed by atoms with Crippen molar-refractivity contribution in [2.24, 2.45) is 5.92 Å². The van der Waals surface area contributed by atoms with Crippen molar-refractivity contribution in [2.75, 3.05) is 13.1 Å². The van der Waals surface area contributed by atoms with E-state index in [-0.39, 0.29) is 24.0 Å². The average molecular weight is 458 g/mol. The number of hydrogen-bond acceptors (Lipinski definition) is 6. The second-order valence-corrected chi connectivity index (χ2v) is 9.24. The molecule has 1 aliphatic rings. The number of carbonyl (C=O) groups excluding carboxylic acids is 1. The molecule has 0 bridgehead atoms. The van der Waals surface area contributed by atoms with Crippen LogP contribution in [0, 0.1) is 5.92 Å². The van der Waals surface area contributed by atoms with Crippen LogP contribution in [0.25, 0.3) is 0 Å². The Bertz CT molecular complexity index is 1030. The van der Waals surface area contributed by atoms with E-state index in [0.29, 0.717) is 31.8 Å². The lowest BCUT2D eigenvalue weighted by molar-refractivity contribution is 0.00570. The Hall–Kier alpha value is -3.36. The highest BCUT2D eigenvalue weighted by Crippen LogP contribution is 2.23. The van der Waals surface area contributed by atoms with E-state index in [1.54, 1.807) is 20.8 Å². The summed E-state index contributed by atoms with van der Waals surface area (Å²) in [5.74, 6) is -0.396. The summed E-state index contributed by atoms with van der Waals surface area (Å²) in [6.07, 6.45) is 1.70. The second-order valence-electron chi connectivity index (χ2n) is 9.24. The zero-order valence-electron chi connectivity index (χ0n) is 19.3. The smallest absolute Gasteiger partial charge is 0.407 e. The number of likely N-dealkylation sites (tertiary alicyclic amines) is 1. The largest absolute Gasteiger partial charge is 0.481 e. The fourth-order valence-corrected chi connectivity index (χ4v) is 3.77. The van der Waals surface area contributed by atoms with E-state index in [1.807, 2.05) is 30.3 Å². The molecule has 0 spiro atoms. The first kappa shape index (κ1) is 24.3. The maximum absolute atomic E-state index is 12.9. The van der Waals surface area contributed by atoms with Crippen LogP contribution in [0.4, 0.5) is 4.79 Å². The van der Waals surface area contributed by atoms with Crippen LogP contribution in [0.2, 0.25) is 0 Å². The highest BCUT2D eigenvalue weighted by Gasteiger charge is 2.27. The van der Waals surface area contributed by atoms with Crippen LogP contribution in [0.1, 0.15) is 61.9 Å². The first-order valence-corrected chi connectivity index (χ1v) is 11.1. The van der Waals surface area contributed by atoms with E-state index in [9.17, 15) is 19.5 Å². The summed E-state index contributed by atoms with van der Waals surface area (Å²) in [7, 11) is 0. The van der Waals surface area contributed by atoms with E-state index in [4.69, 9.17) is 9.47 Å². The van der Waals surface area contributed by atoms with Gasteiger partial charge < -0.3 is 24.5 Å². The van der Waals surface area contributed by atoms with Crippen molar-refractivity contribution in [3.8, 4) is 5.75 Å². The molecular formula is C24H31N3O6. The number of nitrogens with one attached hydrogen (secondary N) is 1. The van der Waals surface area contributed by atoms with Gasteiger partial charge in [0, 0.05) is 19.5 Å². The van der Waals surface area contributed by atoms with Gasteiger partial charge in [-0.3, -0.25) is 4.79 Å². The van der Waals surface area contributed by atoms with Crippen molar-refractivity contribution in [1.29, 1.82) is 0 Å². The van der Waals surface area contributed by atoms with E-state index in [2.05, 4.69) is 9.97 Å². The molecule has 2 N–H and O–H groups in total. The van der Waals surface area contributed by atoms with Crippen LogP contribution in [0.3, 0.4) is 0 Å². The quantitative estimate of drug-likeness (QED) is 0.635. The number of ether oxygens (including phenoxy) is 2. The molecular weight excluding hydrogens is 426 g/mol. The van der Waals surface area contributed by atoms with Gasteiger partial charge in [0.15, 0.2) is 5.69 Å². The standard InChI is InChI=1S/C24H31N3O6/c1-24(2,3)33-22(29)19-20(32-15-17-8-5-4-6-9-17)21(28)26-18(25-19)14-16-10-7-12-27(13-11-16)23(30)31/h4-6,8-9,16H,7,10-15H2,1-3H3,(H,30,31)(H,25,26,28). The molecule has 0 aliphatic carbocycles. The molecule has 1 aromatic carbocycles. The van der Waals surface area contributed by atoms with Gasteiger partial charge in [-0.25, -0.2) is 14.6 Å². The predicted molar refractivity (Wildman–Crippen MR) is 121 cm³/mol. The number of hydrogen-bond donors (Lipinski definition) is 2. The normalized spacial score (nSPS) is 16.7. The number of aromatic nitrogens is 2. The van der Waals surface area contributed by atoms with Crippen LogP contribution in [0.15, 0.2) is 35.1 Å². The second kappa shape index (κ2) is 10.5. The minimum Gasteiger partial charge on any atom is -0.481 e. The Morgan fingerprint density at radius 1 is 1.18 bits per heavy atom. The lowest BCUT2D eigenvalue weighted by Crippen LogP contribution is -2.30. The zero-order chi connectivity index (χ0) is 24.0. The molecule has 9 heteroatoms. The summed E-state index contributed by atoms with van der Waals surface area (Å²) in [5, 5.41) is 9.23. The van der Waals surface area contributed by atoms with E-state index < -0.39 is 23.2 Å². The van der Waals surface area contributed by atoms with Gasteiger partial charge in [0.25, 0.3) is 5.56 Å². The molecule has 0 saturated carbocycles. The molecule has 2 heterocycles. The van der Waals surface area contributed by atoms with Crippen molar-refractivity contribution in [3.63, 3.8) is 0 Å². The number of carbonyl (C=O) groups is 2. The molecule has 1 aromatic heterocycles. The first-order valence-electron chi connectivity index (χ1n) is 11.1. The molecule has 1 atom stereocenters. The minimum atomic E-state index is -0.922. The third kappa shape index (κ3) is 7.06. The van der Waals surface area contributed by atoms with Crippen LogP contribution in [0.5, 0.6) is 5.75 Å². The summed E-state index contributed by atoms with van der Waals surface area (Å²) in [4.78, 5) is 45.6. The van der Waals surface area contributed by atoms with Gasteiger partial charge in [-0.1, -0.05) is 30.3 Å². The number of carboxylic acid groups (broad SMARTS) is 1. The fourth-order valence-electron chi connectivity index (χ4n) is 3.77. The Morgan fingerprint density at radius 3 is 2.58 bits per heavy atom. The molecule has 9 nitrogen and oxygen atoms in total. The highest BCUT2D eigenvalue weighted by atomic mass is 16.6. The summed E-state index contributed by atoms with van der Waals surface area (Å²) < 4.78 is 11.2. The third-order valence-electron chi connectivity index (χ3n) is 5.34. The number of aromatic amines is 1. The maximum atomic E-state index is 12.9. The van der Waals surface area contributed by atoms with Gasteiger partial charge in [-0.2, -0.15) is 0 Å². The fraction of sp³-hybridized carbons (Fsp3) is 0.500. The molecule has 1 saturated heterocycles. The number of H-pyrrole nitrogens is 1. The number of esters is 1. The van der Waals surface area contributed by atoms with Crippen molar-refractivity contribution < 1.29 is 24.2 Å². The first-order chi connectivity index (χ1) is 15.6. The predicted octanol–water partition coefficient (Wildman–Crippen LogP) is 3.63. The Labute approximate surface area is 192 Å². The number of benzene rings is 1. The molecule has 33 heavy (non-hydrogen) atoms. The third-order valence-corrected chi connectivity index (χ3v) is 5.34. The van der Waals surface area contributed by atoms with Gasteiger partial charge in [0.1, 0.15) is 18.0 Å². The van der Waals surface area contributed by atoms with Crippen LogP contribution in [-0.4, -0.2) is 50.7 Å². The topological polar surface area (TPSA) is 122 Å². The van der Waals surface area contributed by atoms with Gasteiger partial charge in [-0.15, -0.1) is 0 Å². The molecule has 1 aliphatic heterocycles. The summed E-state index contributed by atoms with van der Waals surface area (Å²) in [6.45, 7) is 6.25. The molecule has 1 unspecified atom stereocenters.